The monoisotopic (exact) mass is 656 g/mol. The molecule has 0 amide bonds. The first-order valence-corrected chi connectivity index (χ1v) is 17.5. The third-order valence-electron chi connectivity index (χ3n) is 9.58. The summed E-state index contributed by atoms with van der Waals surface area (Å²) in [7, 11) is 0. The summed E-state index contributed by atoms with van der Waals surface area (Å²) in [4.78, 5) is 14.1. The number of benzene rings is 5. The van der Waals surface area contributed by atoms with Gasteiger partial charge in [0.05, 0.1) is 28.1 Å². The van der Waals surface area contributed by atoms with E-state index in [0.29, 0.717) is 0 Å². The van der Waals surface area contributed by atoms with Crippen molar-refractivity contribution in [2.45, 2.75) is 0 Å². The maximum Gasteiger partial charge on any atom is 0.0709 e. The lowest BCUT2D eigenvalue weighted by atomic mass is 9.96. The maximum atomic E-state index is 4.75. The molecule has 0 aliphatic rings. The average Bonchev–Trinajstić information content (AvgIpc) is 3.72. The van der Waals surface area contributed by atoms with E-state index in [1.54, 1.807) is 0 Å². The summed E-state index contributed by atoms with van der Waals surface area (Å²) in [6, 6.07) is 53.8. The molecule has 5 heterocycles. The fourth-order valence-electron chi connectivity index (χ4n) is 7.32. The quantitative estimate of drug-likeness (QED) is 0.185. The molecule has 5 aromatic heterocycles. The van der Waals surface area contributed by atoms with E-state index in [0.717, 1.165) is 39.5 Å². The van der Waals surface area contributed by atoms with Gasteiger partial charge in [-0.15, -0.1) is 11.3 Å². The number of nitrogens with zero attached hydrogens (tertiary/aromatic N) is 4. The zero-order valence-corrected chi connectivity index (χ0v) is 27.7. The summed E-state index contributed by atoms with van der Waals surface area (Å²) in [6.07, 6.45) is 5.57. The molecule has 0 fully saturated rings. The summed E-state index contributed by atoms with van der Waals surface area (Å²) < 4.78 is 4.89. The zero-order chi connectivity index (χ0) is 33.0. The van der Waals surface area contributed by atoms with Crippen LogP contribution in [0.15, 0.2) is 170 Å². The Bertz CT molecular complexity index is 2860. The molecular formula is C45H28N4S. The second-order valence-electron chi connectivity index (χ2n) is 12.5. The van der Waals surface area contributed by atoms with Crippen LogP contribution in [0.1, 0.15) is 0 Å². The predicted molar refractivity (Wildman–Crippen MR) is 209 cm³/mol. The third kappa shape index (κ3) is 4.63. The van der Waals surface area contributed by atoms with Crippen molar-refractivity contribution in [1.29, 1.82) is 0 Å². The van der Waals surface area contributed by atoms with E-state index in [4.69, 9.17) is 9.97 Å². The minimum atomic E-state index is 0.938. The molecule has 4 nitrogen and oxygen atoms in total. The minimum Gasteiger partial charge on any atom is -0.309 e. The summed E-state index contributed by atoms with van der Waals surface area (Å²) in [5, 5.41) is 4.91. The van der Waals surface area contributed by atoms with E-state index in [2.05, 4.69) is 125 Å². The Hall–Kier alpha value is -6.43. The molecule has 10 rings (SSSR count). The highest BCUT2D eigenvalue weighted by Crippen LogP contribution is 2.43. The van der Waals surface area contributed by atoms with Crippen LogP contribution in [0, 0.1) is 0 Å². The van der Waals surface area contributed by atoms with Crippen molar-refractivity contribution in [3.05, 3.63) is 170 Å². The fraction of sp³-hybridized carbons (Fsp3) is 0. The van der Waals surface area contributed by atoms with Crippen molar-refractivity contribution in [2.75, 3.05) is 0 Å². The fourth-order valence-corrected chi connectivity index (χ4v) is 8.42. The Morgan fingerprint density at radius 2 is 0.980 bits per heavy atom. The molecule has 234 valence electrons. The van der Waals surface area contributed by atoms with E-state index >= 15 is 0 Å². The summed E-state index contributed by atoms with van der Waals surface area (Å²) in [5.74, 6) is 0. The smallest absolute Gasteiger partial charge is 0.0709 e. The van der Waals surface area contributed by atoms with Crippen LogP contribution in [0.2, 0.25) is 0 Å². The Balaban J connectivity index is 1.17. The SMILES string of the molecule is c1ccc(-c2ccccc2-c2ccc3c(c2)c2ccccc2n3-c2ccc3sc4cc(-c5ccccn5)c(-c5ccccn5)cc4c3c2)nc1. The van der Waals surface area contributed by atoms with Crippen LogP contribution < -0.4 is 0 Å². The lowest BCUT2D eigenvalue weighted by Crippen LogP contribution is -1.93. The number of para-hydroxylation sites is 1. The molecule has 0 radical (unpaired) electrons. The molecule has 0 aliphatic carbocycles. The van der Waals surface area contributed by atoms with Crippen molar-refractivity contribution >= 4 is 53.3 Å². The predicted octanol–water partition coefficient (Wildman–Crippen LogP) is 12.0. The molecule has 10 aromatic rings. The second kappa shape index (κ2) is 11.6. The molecule has 0 unspecified atom stereocenters. The number of pyridine rings is 3. The molecule has 0 aliphatic heterocycles. The molecule has 0 saturated heterocycles. The second-order valence-corrected chi connectivity index (χ2v) is 13.5. The lowest BCUT2D eigenvalue weighted by Gasteiger charge is -2.11. The van der Waals surface area contributed by atoms with Gasteiger partial charge in [0, 0.05) is 71.9 Å². The van der Waals surface area contributed by atoms with Crippen LogP contribution in [-0.4, -0.2) is 19.5 Å². The number of hydrogen-bond donors (Lipinski definition) is 0. The van der Waals surface area contributed by atoms with Gasteiger partial charge in [-0.2, -0.15) is 0 Å². The zero-order valence-electron chi connectivity index (χ0n) is 26.9. The maximum absolute atomic E-state index is 4.75. The molecule has 0 atom stereocenters. The molecule has 5 heteroatoms. The molecule has 5 aromatic carbocycles. The third-order valence-corrected chi connectivity index (χ3v) is 10.7. The highest BCUT2D eigenvalue weighted by molar-refractivity contribution is 7.25. The molecular weight excluding hydrogens is 629 g/mol. The molecule has 50 heavy (non-hydrogen) atoms. The Kier molecular flexibility index (Phi) is 6.64. The summed E-state index contributed by atoms with van der Waals surface area (Å²) in [5.41, 5.74) is 12.0. The highest BCUT2D eigenvalue weighted by atomic mass is 32.1. The number of hydrogen-bond acceptors (Lipinski definition) is 4. The first kappa shape index (κ1) is 28.6. The van der Waals surface area contributed by atoms with Gasteiger partial charge in [-0.3, -0.25) is 15.0 Å². The topological polar surface area (TPSA) is 43.6 Å². The van der Waals surface area contributed by atoms with Crippen LogP contribution in [0.4, 0.5) is 0 Å². The van der Waals surface area contributed by atoms with Crippen LogP contribution in [0.25, 0.3) is 92.6 Å². The largest absolute Gasteiger partial charge is 0.309 e. The Labute approximate surface area is 292 Å². The van der Waals surface area contributed by atoms with Crippen LogP contribution in [0.3, 0.4) is 0 Å². The van der Waals surface area contributed by atoms with Crippen LogP contribution in [-0.2, 0) is 0 Å². The van der Waals surface area contributed by atoms with Gasteiger partial charge < -0.3 is 4.57 Å². The van der Waals surface area contributed by atoms with Gasteiger partial charge in [0.25, 0.3) is 0 Å². The summed E-state index contributed by atoms with van der Waals surface area (Å²) in [6.45, 7) is 0. The van der Waals surface area contributed by atoms with E-state index in [9.17, 15) is 0 Å². The number of rotatable bonds is 5. The van der Waals surface area contributed by atoms with E-state index < -0.39 is 0 Å². The minimum absolute atomic E-state index is 0.938. The van der Waals surface area contributed by atoms with E-state index in [1.165, 1.54) is 53.1 Å². The first-order chi connectivity index (χ1) is 24.8. The van der Waals surface area contributed by atoms with Gasteiger partial charge in [-0.05, 0) is 96.1 Å². The molecule has 0 spiro atoms. The van der Waals surface area contributed by atoms with Crippen LogP contribution >= 0.6 is 11.3 Å². The number of thiophene rings is 1. The van der Waals surface area contributed by atoms with Gasteiger partial charge in [-0.1, -0.05) is 66.7 Å². The van der Waals surface area contributed by atoms with Gasteiger partial charge in [0.15, 0.2) is 0 Å². The van der Waals surface area contributed by atoms with E-state index in [1.807, 2.05) is 66.3 Å². The Morgan fingerprint density at radius 1 is 0.380 bits per heavy atom. The van der Waals surface area contributed by atoms with Crippen LogP contribution in [0.5, 0.6) is 0 Å². The first-order valence-electron chi connectivity index (χ1n) is 16.7. The van der Waals surface area contributed by atoms with Crippen molar-refractivity contribution in [3.63, 3.8) is 0 Å². The molecule has 0 bridgehead atoms. The number of aromatic nitrogens is 4. The van der Waals surface area contributed by atoms with Gasteiger partial charge >= 0.3 is 0 Å². The van der Waals surface area contributed by atoms with Gasteiger partial charge in [0.1, 0.15) is 0 Å². The lowest BCUT2D eigenvalue weighted by molar-refractivity contribution is 1.19. The Morgan fingerprint density at radius 3 is 1.70 bits per heavy atom. The number of fused-ring (bicyclic) bond motifs is 6. The van der Waals surface area contributed by atoms with Crippen molar-refractivity contribution in [2.24, 2.45) is 0 Å². The van der Waals surface area contributed by atoms with Crippen molar-refractivity contribution in [3.8, 4) is 50.6 Å². The summed E-state index contributed by atoms with van der Waals surface area (Å²) >= 11 is 1.82. The molecule has 0 saturated carbocycles. The van der Waals surface area contributed by atoms with Gasteiger partial charge in [-0.25, -0.2) is 0 Å². The highest BCUT2D eigenvalue weighted by Gasteiger charge is 2.18. The van der Waals surface area contributed by atoms with Gasteiger partial charge in [0.2, 0.25) is 0 Å². The van der Waals surface area contributed by atoms with Crippen molar-refractivity contribution < 1.29 is 0 Å². The molecule has 0 N–H and O–H groups in total. The van der Waals surface area contributed by atoms with Crippen molar-refractivity contribution in [1.82, 2.24) is 19.5 Å². The standard InChI is InChI=1S/C45H28N4S/c1-2-12-32(39-14-5-8-22-46-39)31(11-1)29-18-20-43-36(25-29)33-13-3-4-17-42(33)49(43)30-19-21-44-37(26-30)38-27-34(40-15-6-9-23-47-40)35(28-45(38)50-44)41-16-7-10-24-48-41/h1-28H. The normalized spacial score (nSPS) is 11.6. The van der Waals surface area contributed by atoms with E-state index in [-0.39, 0.29) is 0 Å². The average molecular weight is 657 g/mol.